The Morgan fingerprint density at radius 2 is 1.86 bits per heavy atom. The second-order valence-electron chi connectivity index (χ2n) is 6.90. The lowest BCUT2D eigenvalue weighted by Crippen LogP contribution is -2.30. The van der Waals surface area contributed by atoms with E-state index in [0.29, 0.717) is 30.1 Å². The van der Waals surface area contributed by atoms with Crippen LogP contribution in [0.25, 0.3) is 0 Å². The number of para-hydroxylation sites is 2. The predicted molar refractivity (Wildman–Crippen MR) is 109 cm³/mol. The number of aryl methyl sites for hydroxylation is 1. The van der Waals surface area contributed by atoms with Crippen LogP contribution in [0.3, 0.4) is 0 Å². The van der Waals surface area contributed by atoms with E-state index in [1.54, 1.807) is 48.2 Å². The molecular weight excluding hydrogens is 372 g/mol. The van der Waals surface area contributed by atoms with Crippen LogP contribution < -0.4 is 15.0 Å². The second kappa shape index (κ2) is 9.23. The average molecular weight is 396 g/mol. The van der Waals surface area contributed by atoms with Crippen molar-refractivity contribution in [1.29, 1.82) is 0 Å². The summed E-state index contributed by atoms with van der Waals surface area (Å²) in [5, 5.41) is 2.71. The van der Waals surface area contributed by atoms with Crippen LogP contribution in [-0.2, 0) is 19.1 Å². The van der Waals surface area contributed by atoms with Crippen molar-refractivity contribution in [2.24, 2.45) is 0 Å². The van der Waals surface area contributed by atoms with E-state index in [1.807, 2.05) is 19.1 Å². The number of carbonyl (C=O) groups is 3. The maximum Gasteiger partial charge on any atom is 0.347 e. The summed E-state index contributed by atoms with van der Waals surface area (Å²) < 4.78 is 10.6. The molecule has 0 aromatic heterocycles. The maximum atomic E-state index is 12.3. The van der Waals surface area contributed by atoms with Crippen LogP contribution in [0.4, 0.5) is 11.4 Å². The lowest BCUT2D eigenvalue weighted by molar-refractivity contribution is -0.153. The van der Waals surface area contributed by atoms with Crippen LogP contribution in [0.2, 0.25) is 0 Å². The topological polar surface area (TPSA) is 84.9 Å². The van der Waals surface area contributed by atoms with Crippen LogP contribution in [0, 0.1) is 6.92 Å². The molecule has 1 atom stereocenters. The fourth-order valence-corrected chi connectivity index (χ4v) is 3.03. The molecule has 29 heavy (non-hydrogen) atoms. The van der Waals surface area contributed by atoms with Gasteiger partial charge in [-0.15, -0.1) is 0 Å². The number of hydrogen-bond donors (Lipinski definition) is 1. The molecule has 7 heteroatoms. The summed E-state index contributed by atoms with van der Waals surface area (Å²) in [5.41, 5.74) is 2.23. The van der Waals surface area contributed by atoms with E-state index in [1.165, 1.54) is 0 Å². The highest BCUT2D eigenvalue weighted by molar-refractivity contribution is 6.02. The highest BCUT2D eigenvalue weighted by atomic mass is 16.6. The molecule has 152 valence electrons. The van der Waals surface area contributed by atoms with Crippen LogP contribution in [0.1, 0.15) is 25.3 Å². The number of nitrogens with zero attached hydrogens (tertiary/aromatic N) is 1. The SMILES string of the molecule is Cc1ccc(OC(C)C(=O)OCC(=O)Nc2ccccc2N2CCCC2=O)cc1. The van der Waals surface area contributed by atoms with Crippen molar-refractivity contribution in [3.05, 3.63) is 54.1 Å². The van der Waals surface area contributed by atoms with E-state index in [0.717, 1.165) is 12.0 Å². The average Bonchev–Trinajstić information content (AvgIpc) is 3.14. The third-order valence-corrected chi connectivity index (χ3v) is 4.55. The van der Waals surface area contributed by atoms with Crippen LogP contribution >= 0.6 is 0 Å². The maximum absolute atomic E-state index is 12.3. The standard InChI is InChI=1S/C22H24N2O5/c1-15-9-11-17(12-10-15)29-16(2)22(27)28-14-20(25)23-18-6-3-4-7-19(18)24-13-5-8-21(24)26/h3-4,6-7,9-12,16H,5,8,13-14H2,1-2H3,(H,23,25). The molecule has 2 aromatic rings. The van der Waals surface area contributed by atoms with Gasteiger partial charge in [-0.05, 0) is 44.5 Å². The second-order valence-corrected chi connectivity index (χ2v) is 6.90. The Morgan fingerprint density at radius 1 is 1.14 bits per heavy atom. The smallest absolute Gasteiger partial charge is 0.347 e. The molecule has 2 aromatic carbocycles. The molecule has 1 aliphatic heterocycles. The molecule has 1 N–H and O–H groups in total. The van der Waals surface area contributed by atoms with Crippen molar-refractivity contribution >= 4 is 29.2 Å². The fraction of sp³-hybridized carbons (Fsp3) is 0.318. The number of nitrogens with one attached hydrogen (secondary N) is 1. The Bertz CT molecular complexity index is 894. The van der Waals surface area contributed by atoms with E-state index in [-0.39, 0.29) is 5.91 Å². The highest BCUT2D eigenvalue weighted by Gasteiger charge is 2.24. The van der Waals surface area contributed by atoms with E-state index in [9.17, 15) is 14.4 Å². The number of carbonyl (C=O) groups excluding carboxylic acids is 3. The minimum atomic E-state index is -0.847. The summed E-state index contributed by atoms with van der Waals surface area (Å²) in [4.78, 5) is 38.0. The van der Waals surface area contributed by atoms with Crippen LogP contribution in [0.15, 0.2) is 48.5 Å². The van der Waals surface area contributed by atoms with E-state index >= 15 is 0 Å². The Labute approximate surface area is 169 Å². The van der Waals surface area contributed by atoms with Crippen molar-refractivity contribution in [1.82, 2.24) is 0 Å². The minimum absolute atomic E-state index is 0.0280. The van der Waals surface area contributed by atoms with Crippen molar-refractivity contribution < 1.29 is 23.9 Å². The number of esters is 1. The van der Waals surface area contributed by atoms with Crippen molar-refractivity contribution in [2.45, 2.75) is 32.8 Å². The van der Waals surface area contributed by atoms with Crippen molar-refractivity contribution in [3.8, 4) is 5.75 Å². The Hall–Kier alpha value is -3.35. The Kier molecular flexibility index (Phi) is 6.49. The molecule has 0 saturated carbocycles. The van der Waals surface area contributed by atoms with E-state index in [4.69, 9.17) is 9.47 Å². The van der Waals surface area contributed by atoms with Gasteiger partial charge in [0.1, 0.15) is 5.75 Å². The third kappa shape index (κ3) is 5.34. The molecule has 1 fully saturated rings. The number of amides is 2. The molecule has 0 spiro atoms. The number of benzene rings is 2. The lowest BCUT2D eigenvalue weighted by atomic mass is 10.2. The molecule has 1 aliphatic rings. The first kappa shape index (κ1) is 20.4. The van der Waals surface area contributed by atoms with Gasteiger partial charge in [-0.25, -0.2) is 4.79 Å². The molecule has 1 unspecified atom stereocenters. The predicted octanol–water partition coefficient (Wildman–Crippen LogP) is 3.07. The quantitative estimate of drug-likeness (QED) is 0.727. The fourth-order valence-electron chi connectivity index (χ4n) is 3.03. The van der Waals surface area contributed by atoms with Gasteiger partial charge < -0.3 is 19.7 Å². The molecular formula is C22H24N2O5. The first-order valence-corrected chi connectivity index (χ1v) is 9.53. The zero-order valence-electron chi connectivity index (χ0n) is 16.5. The van der Waals surface area contributed by atoms with Gasteiger partial charge in [-0.2, -0.15) is 0 Å². The third-order valence-electron chi connectivity index (χ3n) is 4.55. The highest BCUT2D eigenvalue weighted by Crippen LogP contribution is 2.29. The molecule has 1 saturated heterocycles. The monoisotopic (exact) mass is 396 g/mol. The van der Waals surface area contributed by atoms with Crippen LogP contribution in [-0.4, -0.2) is 37.0 Å². The summed E-state index contributed by atoms with van der Waals surface area (Å²) in [5.74, 6) is -0.544. The van der Waals surface area contributed by atoms with Gasteiger partial charge in [0.2, 0.25) is 5.91 Å². The van der Waals surface area contributed by atoms with Crippen LogP contribution in [0.5, 0.6) is 5.75 Å². The zero-order chi connectivity index (χ0) is 20.8. The van der Waals surface area contributed by atoms with E-state index in [2.05, 4.69) is 5.32 Å². The van der Waals surface area contributed by atoms with Gasteiger partial charge in [0.25, 0.3) is 5.91 Å². The van der Waals surface area contributed by atoms with Gasteiger partial charge >= 0.3 is 5.97 Å². The van der Waals surface area contributed by atoms with Crippen molar-refractivity contribution in [2.75, 3.05) is 23.4 Å². The summed E-state index contributed by atoms with van der Waals surface area (Å²) in [7, 11) is 0. The zero-order valence-corrected chi connectivity index (χ0v) is 16.5. The molecule has 0 radical (unpaired) electrons. The molecule has 0 aliphatic carbocycles. The minimum Gasteiger partial charge on any atom is -0.479 e. The molecule has 2 amide bonds. The molecule has 3 rings (SSSR count). The molecule has 1 heterocycles. The van der Waals surface area contributed by atoms with Gasteiger partial charge in [-0.3, -0.25) is 9.59 Å². The Balaban J connectivity index is 1.53. The normalized spacial score (nSPS) is 14.4. The van der Waals surface area contributed by atoms with Gasteiger partial charge in [0, 0.05) is 13.0 Å². The number of rotatable bonds is 7. The summed E-state index contributed by atoms with van der Waals surface area (Å²) in [6, 6.07) is 14.4. The summed E-state index contributed by atoms with van der Waals surface area (Å²) in [6.07, 6.45) is 0.441. The lowest BCUT2D eigenvalue weighted by Gasteiger charge is -2.20. The van der Waals surface area contributed by atoms with Crippen molar-refractivity contribution in [3.63, 3.8) is 0 Å². The number of hydrogen-bond acceptors (Lipinski definition) is 5. The first-order valence-electron chi connectivity index (χ1n) is 9.53. The molecule has 0 bridgehead atoms. The Morgan fingerprint density at radius 3 is 2.55 bits per heavy atom. The van der Waals surface area contributed by atoms with Gasteiger partial charge in [-0.1, -0.05) is 29.8 Å². The molecule has 7 nitrogen and oxygen atoms in total. The van der Waals surface area contributed by atoms with E-state index < -0.39 is 24.6 Å². The van der Waals surface area contributed by atoms with Gasteiger partial charge in [0.15, 0.2) is 12.7 Å². The first-order chi connectivity index (χ1) is 13.9. The number of anilines is 2. The summed E-state index contributed by atoms with van der Waals surface area (Å²) >= 11 is 0. The summed E-state index contributed by atoms with van der Waals surface area (Å²) in [6.45, 7) is 3.70. The number of ether oxygens (including phenoxy) is 2. The largest absolute Gasteiger partial charge is 0.479 e. The van der Waals surface area contributed by atoms with Gasteiger partial charge in [0.05, 0.1) is 11.4 Å².